The Hall–Kier alpha value is -3.76. The highest BCUT2D eigenvalue weighted by Crippen LogP contribution is 2.36. The third-order valence-electron chi connectivity index (χ3n) is 7.20. The van der Waals surface area contributed by atoms with Crippen molar-refractivity contribution in [3.63, 3.8) is 0 Å². The summed E-state index contributed by atoms with van der Waals surface area (Å²) in [5, 5.41) is 3.50. The van der Waals surface area contributed by atoms with Crippen LogP contribution in [0.4, 0.5) is 5.69 Å². The number of hydrogen-bond acceptors (Lipinski definition) is 6. The van der Waals surface area contributed by atoms with Gasteiger partial charge < -0.3 is 19.7 Å². The second-order valence-corrected chi connectivity index (χ2v) is 12.6. The van der Waals surface area contributed by atoms with Crippen molar-refractivity contribution < 1.29 is 27.5 Å². The van der Waals surface area contributed by atoms with Crippen LogP contribution in [0.2, 0.25) is 5.02 Å². The van der Waals surface area contributed by atoms with Gasteiger partial charge in [-0.15, -0.1) is 0 Å². The van der Waals surface area contributed by atoms with E-state index in [1.807, 2.05) is 27.7 Å². The maximum absolute atomic E-state index is 14.3. The Kier molecular flexibility index (Phi) is 11.9. The minimum Gasteiger partial charge on any atom is -0.497 e. The SMILES string of the molecule is CC[C@H](C(=O)N[C@@H](C)CC)N(Cc1ccc(Cl)cc1)C(=O)CN(c1cc(OC)ccc1OC)S(=O)(=O)c1ccc(C)cc1. The van der Waals surface area contributed by atoms with E-state index in [0.29, 0.717) is 23.6 Å². The number of aryl methyl sites for hydroxylation is 1. The molecule has 0 radical (unpaired) electrons. The fraction of sp³-hybridized carbons (Fsp3) is 0.375. The first-order valence-corrected chi connectivity index (χ1v) is 15.9. The summed E-state index contributed by atoms with van der Waals surface area (Å²) in [6.07, 6.45) is 1.03. The number of carbonyl (C=O) groups excluding carboxylic acids is 2. The lowest BCUT2D eigenvalue weighted by Gasteiger charge is -2.34. The van der Waals surface area contributed by atoms with Crippen LogP contribution in [0.25, 0.3) is 0 Å². The van der Waals surface area contributed by atoms with Crippen molar-refractivity contribution in [2.75, 3.05) is 25.1 Å². The molecule has 0 aliphatic heterocycles. The Morgan fingerprint density at radius 2 is 1.58 bits per heavy atom. The number of nitrogens with zero attached hydrogens (tertiary/aromatic N) is 2. The molecule has 0 saturated heterocycles. The molecule has 0 aliphatic rings. The lowest BCUT2D eigenvalue weighted by Crippen LogP contribution is -2.53. The first-order chi connectivity index (χ1) is 20.4. The van der Waals surface area contributed by atoms with E-state index in [2.05, 4.69) is 5.32 Å². The molecule has 43 heavy (non-hydrogen) atoms. The van der Waals surface area contributed by atoms with Crippen LogP contribution in [-0.4, -0.2) is 58.0 Å². The molecule has 0 saturated carbocycles. The minimum atomic E-state index is -4.28. The van der Waals surface area contributed by atoms with Crippen molar-refractivity contribution >= 4 is 39.1 Å². The van der Waals surface area contributed by atoms with Crippen LogP contribution in [-0.2, 0) is 26.2 Å². The van der Waals surface area contributed by atoms with E-state index in [-0.39, 0.29) is 34.8 Å². The zero-order chi connectivity index (χ0) is 31.7. The van der Waals surface area contributed by atoms with Gasteiger partial charge in [0.2, 0.25) is 11.8 Å². The van der Waals surface area contributed by atoms with Gasteiger partial charge in [0.15, 0.2) is 0 Å². The highest BCUT2D eigenvalue weighted by Gasteiger charge is 2.35. The molecule has 2 amide bonds. The molecule has 1 N–H and O–H groups in total. The summed E-state index contributed by atoms with van der Waals surface area (Å²) in [7, 11) is -1.40. The van der Waals surface area contributed by atoms with Gasteiger partial charge in [-0.2, -0.15) is 0 Å². The highest BCUT2D eigenvalue weighted by molar-refractivity contribution is 7.92. The zero-order valence-electron chi connectivity index (χ0n) is 25.5. The van der Waals surface area contributed by atoms with Gasteiger partial charge in [-0.1, -0.05) is 55.3 Å². The molecule has 11 heteroatoms. The van der Waals surface area contributed by atoms with Crippen molar-refractivity contribution in [2.45, 2.75) is 64.1 Å². The minimum absolute atomic E-state index is 0.00146. The predicted molar refractivity (Wildman–Crippen MR) is 169 cm³/mol. The average molecular weight is 630 g/mol. The summed E-state index contributed by atoms with van der Waals surface area (Å²) in [5.74, 6) is -0.271. The summed E-state index contributed by atoms with van der Waals surface area (Å²) in [5.41, 5.74) is 1.74. The molecular formula is C32H40ClN3O6S. The zero-order valence-corrected chi connectivity index (χ0v) is 27.0. The van der Waals surface area contributed by atoms with Crippen LogP contribution in [0, 0.1) is 6.92 Å². The molecule has 0 heterocycles. The quantitative estimate of drug-likeness (QED) is 0.250. The predicted octanol–water partition coefficient (Wildman–Crippen LogP) is 5.58. The summed E-state index contributed by atoms with van der Waals surface area (Å²) in [4.78, 5) is 29.1. The van der Waals surface area contributed by atoms with Gasteiger partial charge in [0, 0.05) is 23.7 Å². The van der Waals surface area contributed by atoms with E-state index in [4.69, 9.17) is 21.1 Å². The topological polar surface area (TPSA) is 105 Å². The van der Waals surface area contributed by atoms with E-state index >= 15 is 0 Å². The maximum Gasteiger partial charge on any atom is 0.264 e. The van der Waals surface area contributed by atoms with E-state index in [0.717, 1.165) is 15.4 Å². The fourth-order valence-corrected chi connectivity index (χ4v) is 6.03. The van der Waals surface area contributed by atoms with Crippen molar-refractivity contribution in [2.24, 2.45) is 0 Å². The van der Waals surface area contributed by atoms with Gasteiger partial charge in [0.25, 0.3) is 10.0 Å². The number of rotatable bonds is 14. The smallest absolute Gasteiger partial charge is 0.264 e. The Labute approximate surface area is 259 Å². The van der Waals surface area contributed by atoms with E-state index in [9.17, 15) is 18.0 Å². The monoisotopic (exact) mass is 629 g/mol. The summed E-state index contributed by atoms with van der Waals surface area (Å²) < 4.78 is 40.3. The molecule has 3 aromatic carbocycles. The molecule has 9 nitrogen and oxygen atoms in total. The molecule has 0 aliphatic carbocycles. The Bertz CT molecular complexity index is 1500. The van der Waals surface area contributed by atoms with Crippen LogP contribution in [0.3, 0.4) is 0 Å². The van der Waals surface area contributed by atoms with Gasteiger partial charge in [-0.3, -0.25) is 13.9 Å². The number of anilines is 1. The third-order valence-corrected chi connectivity index (χ3v) is 9.22. The van der Waals surface area contributed by atoms with Crippen LogP contribution >= 0.6 is 11.6 Å². The summed E-state index contributed by atoms with van der Waals surface area (Å²) in [6, 6.07) is 17.1. The van der Waals surface area contributed by atoms with Gasteiger partial charge in [0.1, 0.15) is 24.1 Å². The van der Waals surface area contributed by atoms with Crippen LogP contribution in [0.5, 0.6) is 11.5 Å². The lowest BCUT2D eigenvalue weighted by molar-refractivity contribution is -0.140. The fourth-order valence-electron chi connectivity index (χ4n) is 4.49. The molecular weight excluding hydrogens is 590 g/mol. The molecule has 0 spiro atoms. The van der Waals surface area contributed by atoms with Gasteiger partial charge in [0.05, 0.1) is 24.8 Å². The Balaban J connectivity index is 2.14. The second-order valence-electron chi connectivity index (χ2n) is 10.3. The largest absolute Gasteiger partial charge is 0.497 e. The standard InChI is InChI=1S/C32H40ClN3O6S/c1-7-23(4)34-32(38)28(8-2)35(20-24-11-13-25(33)14-12-24)31(37)21-36(29-19-26(41-5)15-18-30(29)42-6)43(39,40)27-16-9-22(3)10-17-27/h9-19,23,28H,7-8,20-21H2,1-6H3,(H,34,38)/t23-,28+/m0/s1. The number of nitrogens with one attached hydrogen (secondary N) is 1. The first kappa shape index (κ1) is 33.7. The number of ether oxygens (including phenoxy) is 2. The number of benzene rings is 3. The van der Waals surface area contributed by atoms with Crippen LogP contribution in [0.15, 0.2) is 71.6 Å². The highest BCUT2D eigenvalue weighted by atomic mass is 35.5. The third kappa shape index (κ3) is 8.42. The Morgan fingerprint density at radius 3 is 2.14 bits per heavy atom. The molecule has 3 rings (SSSR count). The molecule has 2 atom stereocenters. The van der Waals surface area contributed by atoms with E-state index in [1.54, 1.807) is 48.5 Å². The van der Waals surface area contributed by atoms with Gasteiger partial charge >= 0.3 is 0 Å². The second kappa shape index (κ2) is 15.1. The maximum atomic E-state index is 14.3. The average Bonchev–Trinajstić information content (AvgIpc) is 3.00. The van der Waals surface area contributed by atoms with Crippen molar-refractivity contribution in [1.82, 2.24) is 10.2 Å². The van der Waals surface area contributed by atoms with Crippen LogP contribution < -0.4 is 19.1 Å². The molecule has 0 unspecified atom stereocenters. The summed E-state index contributed by atoms with van der Waals surface area (Å²) >= 11 is 6.09. The van der Waals surface area contributed by atoms with Crippen molar-refractivity contribution in [1.29, 1.82) is 0 Å². The Morgan fingerprint density at radius 1 is 0.930 bits per heavy atom. The number of carbonyl (C=O) groups is 2. The molecule has 0 aromatic heterocycles. The van der Waals surface area contributed by atoms with E-state index < -0.39 is 28.5 Å². The van der Waals surface area contributed by atoms with E-state index in [1.165, 1.54) is 37.3 Å². The molecule has 0 bridgehead atoms. The van der Waals surface area contributed by atoms with Crippen molar-refractivity contribution in [3.05, 3.63) is 82.9 Å². The van der Waals surface area contributed by atoms with Crippen LogP contribution in [0.1, 0.15) is 44.7 Å². The molecule has 232 valence electrons. The van der Waals surface area contributed by atoms with Crippen molar-refractivity contribution in [3.8, 4) is 11.5 Å². The number of amides is 2. The summed E-state index contributed by atoms with van der Waals surface area (Å²) in [6.45, 7) is 6.98. The molecule has 0 fully saturated rings. The lowest BCUT2D eigenvalue weighted by atomic mass is 10.1. The number of halogens is 1. The molecule has 3 aromatic rings. The first-order valence-electron chi connectivity index (χ1n) is 14.1. The normalized spacial score (nSPS) is 12.6. The number of hydrogen-bond donors (Lipinski definition) is 1. The van der Waals surface area contributed by atoms with Gasteiger partial charge in [-0.25, -0.2) is 8.42 Å². The number of sulfonamides is 1. The van der Waals surface area contributed by atoms with Gasteiger partial charge in [-0.05, 0) is 68.7 Å². The number of methoxy groups -OCH3 is 2.